The largest absolute Gasteiger partial charge is 0.322 e. The number of nitrogens with one attached hydrogen (secondary N) is 1. The Bertz CT molecular complexity index is 1610. The number of urea groups is 1. The molecule has 1 N–H and O–H groups in total. The first-order valence-corrected chi connectivity index (χ1v) is 13.2. The number of carbonyl (C=O) groups is 1. The van der Waals surface area contributed by atoms with E-state index in [0.717, 1.165) is 46.0 Å². The first-order chi connectivity index (χ1) is 18.5. The van der Waals surface area contributed by atoms with Crippen LogP contribution in [0.1, 0.15) is 41.0 Å². The molecule has 2 aromatic heterocycles. The van der Waals surface area contributed by atoms with E-state index in [1.807, 2.05) is 71.1 Å². The fourth-order valence-electron chi connectivity index (χ4n) is 5.20. The minimum atomic E-state index is -0.312. The lowest BCUT2D eigenvalue weighted by Gasteiger charge is -2.31. The lowest BCUT2D eigenvalue weighted by atomic mass is 10.0. The third-order valence-corrected chi connectivity index (χ3v) is 7.51. The van der Waals surface area contributed by atoms with E-state index in [-0.39, 0.29) is 12.1 Å². The number of rotatable bonds is 4. The Labute approximate surface area is 227 Å². The Morgan fingerprint density at radius 1 is 1.00 bits per heavy atom. The average molecular weight is 522 g/mol. The standard InChI is InChI=1S/C31H28ClN5O/c1-3-27-25-20-36(31(38)33-23-17-16-21(2)26(32)19-23)29(22-11-6-4-7-12-22)28-15-10-18-35(28)30(25)37(34-27)24-13-8-5-9-14-24/h4-19,29H,3,20H2,1-2H3,(H,33,38)/t29-/m1/s1. The molecule has 2 amide bonds. The fraction of sp³-hybridized carbons (Fsp3) is 0.161. The molecule has 6 rings (SSSR count). The quantitative estimate of drug-likeness (QED) is 0.269. The molecule has 0 bridgehead atoms. The topological polar surface area (TPSA) is 55.1 Å². The van der Waals surface area contributed by atoms with Gasteiger partial charge in [-0.15, -0.1) is 0 Å². The fourth-order valence-corrected chi connectivity index (χ4v) is 5.38. The third kappa shape index (κ3) is 4.17. The van der Waals surface area contributed by atoms with E-state index in [1.165, 1.54) is 0 Å². The van der Waals surface area contributed by atoms with E-state index >= 15 is 0 Å². The van der Waals surface area contributed by atoms with Crippen LogP contribution < -0.4 is 5.32 Å². The number of anilines is 1. The summed E-state index contributed by atoms with van der Waals surface area (Å²) in [5.41, 5.74) is 6.63. The Morgan fingerprint density at radius 3 is 2.45 bits per heavy atom. The molecule has 190 valence electrons. The molecular weight excluding hydrogens is 494 g/mol. The van der Waals surface area contributed by atoms with Crippen LogP contribution in [0.3, 0.4) is 0 Å². The number of amides is 2. The van der Waals surface area contributed by atoms with E-state index in [2.05, 4.69) is 53.3 Å². The maximum atomic E-state index is 14.1. The number of hydrogen-bond acceptors (Lipinski definition) is 2. The minimum absolute atomic E-state index is 0.200. The zero-order chi connectivity index (χ0) is 26.2. The second kappa shape index (κ2) is 9.88. The number of benzene rings is 3. The number of aryl methyl sites for hydroxylation is 2. The normalized spacial score (nSPS) is 14.5. The van der Waals surface area contributed by atoms with Crippen molar-refractivity contribution in [2.24, 2.45) is 0 Å². The summed E-state index contributed by atoms with van der Waals surface area (Å²) in [6.07, 6.45) is 2.81. The van der Waals surface area contributed by atoms with Crippen LogP contribution in [0.2, 0.25) is 5.02 Å². The molecule has 3 heterocycles. The first-order valence-electron chi connectivity index (χ1n) is 12.8. The lowest BCUT2D eigenvalue weighted by molar-refractivity contribution is 0.194. The number of fused-ring (bicyclic) bond motifs is 3. The van der Waals surface area contributed by atoms with Crippen molar-refractivity contribution in [2.45, 2.75) is 32.9 Å². The summed E-state index contributed by atoms with van der Waals surface area (Å²) in [6.45, 7) is 4.45. The van der Waals surface area contributed by atoms with Crippen molar-refractivity contribution in [1.82, 2.24) is 19.2 Å². The second-order valence-electron chi connectivity index (χ2n) is 9.49. The Kier molecular flexibility index (Phi) is 6.26. The van der Waals surface area contributed by atoms with Gasteiger partial charge in [-0.05, 0) is 60.9 Å². The summed E-state index contributed by atoms with van der Waals surface area (Å²) in [5, 5.41) is 8.74. The maximum absolute atomic E-state index is 14.1. The van der Waals surface area contributed by atoms with Crippen LogP contribution in [0, 0.1) is 6.92 Å². The molecule has 0 radical (unpaired) electrons. The average Bonchev–Trinajstić information content (AvgIpc) is 3.53. The van der Waals surface area contributed by atoms with E-state index in [0.29, 0.717) is 17.3 Å². The van der Waals surface area contributed by atoms with Gasteiger partial charge in [0.15, 0.2) is 0 Å². The summed E-state index contributed by atoms with van der Waals surface area (Å²) in [5.74, 6) is 0.961. The zero-order valence-electron chi connectivity index (χ0n) is 21.3. The van der Waals surface area contributed by atoms with Gasteiger partial charge >= 0.3 is 6.03 Å². The molecule has 0 saturated carbocycles. The first kappa shape index (κ1) is 24.1. The summed E-state index contributed by atoms with van der Waals surface area (Å²) in [6, 6.07) is 29.5. The summed E-state index contributed by atoms with van der Waals surface area (Å²) >= 11 is 6.37. The Morgan fingerprint density at radius 2 is 1.74 bits per heavy atom. The molecule has 38 heavy (non-hydrogen) atoms. The van der Waals surface area contributed by atoms with Crippen LogP contribution >= 0.6 is 11.6 Å². The van der Waals surface area contributed by atoms with Gasteiger partial charge < -0.3 is 14.8 Å². The molecule has 0 unspecified atom stereocenters. The molecule has 7 heteroatoms. The maximum Gasteiger partial charge on any atom is 0.322 e. The van der Waals surface area contributed by atoms with E-state index < -0.39 is 0 Å². The van der Waals surface area contributed by atoms with E-state index in [4.69, 9.17) is 16.7 Å². The highest BCUT2D eigenvalue weighted by atomic mass is 35.5. The summed E-state index contributed by atoms with van der Waals surface area (Å²) in [4.78, 5) is 16.0. The van der Waals surface area contributed by atoms with Gasteiger partial charge in [-0.25, -0.2) is 9.48 Å². The summed E-state index contributed by atoms with van der Waals surface area (Å²) in [7, 11) is 0. The predicted molar refractivity (Wildman–Crippen MR) is 151 cm³/mol. The van der Waals surface area contributed by atoms with Crippen molar-refractivity contribution in [1.29, 1.82) is 0 Å². The molecule has 0 fully saturated rings. The molecule has 3 aromatic carbocycles. The van der Waals surface area contributed by atoms with E-state index in [9.17, 15) is 4.79 Å². The van der Waals surface area contributed by atoms with Gasteiger partial charge in [0.25, 0.3) is 0 Å². The number of nitrogens with zero attached hydrogens (tertiary/aromatic N) is 4. The predicted octanol–water partition coefficient (Wildman–Crippen LogP) is 7.32. The van der Waals surface area contributed by atoms with Crippen LogP contribution in [-0.2, 0) is 13.0 Å². The monoisotopic (exact) mass is 521 g/mol. The van der Waals surface area contributed by atoms with E-state index in [1.54, 1.807) is 6.07 Å². The molecule has 1 atom stereocenters. The number of hydrogen-bond donors (Lipinski definition) is 1. The summed E-state index contributed by atoms with van der Waals surface area (Å²) < 4.78 is 4.18. The molecular formula is C31H28ClN5O. The van der Waals surface area contributed by atoms with Gasteiger partial charge in [-0.1, -0.05) is 73.1 Å². The molecule has 5 aromatic rings. The SMILES string of the molecule is CCc1nn(-c2ccccc2)c2c1CN(C(=O)Nc1ccc(C)c(Cl)c1)[C@H](c1ccccc1)c1cccn1-2. The van der Waals surface area contributed by atoms with Gasteiger partial charge in [0.1, 0.15) is 5.82 Å². The van der Waals surface area contributed by atoms with Crippen molar-refractivity contribution < 1.29 is 4.79 Å². The Hall–Kier alpha value is -4.29. The highest BCUT2D eigenvalue weighted by Gasteiger charge is 2.36. The minimum Gasteiger partial charge on any atom is -0.308 e. The molecule has 1 aliphatic rings. The lowest BCUT2D eigenvalue weighted by Crippen LogP contribution is -2.38. The zero-order valence-corrected chi connectivity index (χ0v) is 22.1. The highest BCUT2D eigenvalue weighted by molar-refractivity contribution is 6.31. The molecule has 1 aliphatic heterocycles. The third-order valence-electron chi connectivity index (χ3n) is 7.10. The van der Waals surface area contributed by atoms with Crippen molar-refractivity contribution >= 4 is 23.3 Å². The van der Waals surface area contributed by atoms with Crippen molar-refractivity contribution in [3.63, 3.8) is 0 Å². The molecule has 6 nitrogen and oxygen atoms in total. The van der Waals surface area contributed by atoms with Crippen LogP contribution in [0.4, 0.5) is 10.5 Å². The Balaban J connectivity index is 1.53. The number of carbonyl (C=O) groups excluding carboxylic acids is 1. The smallest absolute Gasteiger partial charge is 0.308 e. The molecule has 0 spiro atoms. The highest BCUT2D eigenvalue weighted by Crippen LogP contribution is 2.39. The van der Waals surface area contributed by atoms with Gasteiger partial charge in [0, 0.05) is 22.5 Å². The van der Waals surface area contributed by atoms with Crippen LogP contribution in [0.25, 0.3) is 11.5 Å². The molecule has 0 saturated heterocycles. The van der Waals surface area contributed by atoms with Crippen LogP contribution in [0.15, 0.2) is 97.2 Å². The molecule has 0 aliphatic carbocycles. The van der Waals surface area contributed by atoms with Gasteiger partial charge in [0.05, 0.1) is 29.7 Å². The van der Waals surface area contributed by atoms with Gasteiger partial charge in [-0.2, -0.15) is 5.10 Å². The van der Waals surface area contributed by atoms with Crippen LogP contribution in [0.5, 0.6) is 0 Å². The van der Waals surface area contributed by atoms with Gasteiger partial charge in [0.2, 0.25) is 0 Å². The van der Waals surface area contributed by atoms with Gasteiger partial charge in [-0.3, -0.25) is 0 Å². The number of aromatic nitrogens is 3. The van der Waals surface area contributed by atoms with Crippen LogP contribution in [-0.4, -0.2) is 25.3 Å². The van der Waals surface area contributed by atoms with Crippen molar-refractivity contribution in [2.75, 3.05) is 5.32 Å². The second-order valence-corrected chi connectivity index (χ2v) is 9.90. The van der Waals surface area contributed by atoms with Crippen molar-refractivity contribution in [3.05, 3.63) is 130 Å². The number of para-hydroxylation sites is 1. The number of halogens is 1. The van der Waals surface area contributed by atoms with Crippen molar-refractivity contribution in [3.8, 4) is 11.5 Å².